The Balaban J connectivity index is 2.04. The molecule has 1 aromatic carbocycles. The highest BCUT2D eigenvalue weighted by Gasteiger charge is 2.16. The van der Waals surface area contributed by atoms with E-state index in [2.05, 4.69) is 15.1 Å². The standard InChI is InChI=1S/C13H13N5O2/c1-18-6-5-15-12(18)11-16-13(20-17-11)9-7-8(19-2)3-4-10(9)14/h3-7H,14H2,1-2H3. The van der Waals surface area contributed by atoms with Crippen LogP contribution in [0.15, 0.2) is 35.1 Å². The van der Waals surface area contributed by atoms with Crippen molar-refractivity contribution in [2.75, 3.05) is 12.8 Å². The van der Waals surface area contributed by atoms with Crippen LogP contribution in [0.3, 0.4) is 0 Å². The molecule has 0 unspecified atom stereocenters. The van der Waals surface area contributed by atoms with Crippen molar-refractivity contribution in [3.05, 3.63) is 30.6 Å². The topological polar surface area (TPSA) is 92.0 Å². The second-order valence-electron chi connectivity index (χ2n) is 4.24. The first-order valence-corrected chi connectivity index (χ1v) is 5.94. The third-order valence-corrected chi connectivity index (χ3v) is 2.94. The second kappa shape index (κ2) is 4.69. The van der Waals surface area contributed by atoms with E-state index in [0.717, 1.165) is 0 Å². The average molecular weight is 271 g/mol. The molecule has 0 aliphatic carbocycles. The predicted octanol–water partition coefficient (Wildman–Crippen LogP) is 1.73. The first-order valence-electron chi connectivity index (χ1n) is 5.94. The van der Waals surface area contributed by atoms with Crippen molar-refractivity contribution in [1.82, 2.24) is 19.7 Å². The summed E-state index contributed by atoms with van der Waals surface area (Å²) in [4.78, 5) is 8.49. The fourth-order valence-electron chi connectivity index (χ4n) is 1.85. The minimum absolute atomic E-state index is 0.333. The van der Waals surface area contributed by atoms with Gasteiger partial charge in [-0.15, -0.1) is 0 Å². The van der Waals surface area contributed by atoms with E-state index in [1.165, 1.54) is 0 Å². The van der Waals surface area contributed by atoms with E-state index in [9.17, 15) is 0 Å². The van der Waals surface area contributed by atoms with Crippen LogP contribution in [0, 0.1) is 0 Å². The van der Waals surface area contributed by atoms with Gasteiger partial charge in [0.1, 0.15) is 5.75 Å². The maximum atomic E-state index is 5.93. The van der Waals surface area contributed by atoms with Crippen LogP contribution in [0.5, 0.6) is 5.75 Å². The summed E-state index contributed by atoms with van der Waals surface area (Å²) in [6.07, 6.45) is 3.48. The van der Waals surface area contributed by atoms with Crippen molar-refractivity contribution in [1.29, 1.82) is 0 Å². The summed E-state index contributed by atoms with van der Waals surface area (Å²) in [5.41, 5.74) is 7.11. The van der Waals surface area contributed by atoms with E-state index in [0.29, 0.717) is 34.5 Å². The number of aromatic nitrogens is 4. The molecule has 0 radical (unpaired) electrons. The van der Waals surface area contributed by atoms with Crippen molar-refractivity contribution in [3.63, 3.8) is 0 Å². The summed E-state index contributed by atoms with van der Waals surface area (Å²) in [6.45, 7) is 0. The SMILES string of the molecule is COc1ccc(N)c(-c2nc(-c3nccn3C)no2)c1. The molecule has 0 atom stereocenters. The normalized spacial score (nSPS) is 10.7. The van der Waals surface area contributed by atoms with Gasteiger partial charge in [-0.25, -0.2) is 4.98 Å². The van der Waals surface area contributed by atoms with Crippen molar-refractivity contribution < 1.29 is 9.26 Å². The Hall–Kier alpha value is -2.83. The molecule has 0 amide bonds. The van der Waals surface area contributed by atoms with E-state index in [4.69, 9.17) is 15.0 Å². The summed E-state index contributed by atoms with van der Waals surface area (Å²) in [5.74, 6) is 2.04. The lowest BCUT2D eigenvalue weighted by Crippen LogP contribution is -1.94. The zero-order chi connectivity index (χ0) is 14.1. The van der Waals surface area contributed by atoms with Crippen LogP contribution in [-0.2, 0) is 7.05 Å². The van der Waals surface area contributed by atoms with E-state index >= 15 is 0 Å². The highest BCUT2D eigenvalue weighted by atomic mass is 16.5. The van der Waals surface area contributed by atoms with Crippen molar-refractivity contribution >= 4 is 5.69 Å². The monoisotopic (exact) mass is 271 g/mol. The smallest absolute Gasteiger partial charge is 0.260 e. The molecule has 0 aliphatic rings. The minimum atomic E-state index is 0.333. The number of rotatable bonds is 3. The Morgan fingerprint density at radius 1 is 1.35 bits per heavy atom. The molecule has 102 valence electrons. The quantitative estimate of drug-likeness (QED) is 0.729. The van der Waals surface area contributed by atoms with Gasteiger partial charge in [0, 0.05) is 25.1 Å². The molecule has 0 spiro atoms. The van der Waals surface area contributed by atoms with E-state index in [1.54, 1.807) is 31.5 Å². The highest BCUT2D eigenvalue weighted by molar-refractivity contribution is 5.72. The van der Waals surface area contributed by atoms with Crippen LogP contribution in [0.1, 0.15) is 0 Å². The molecule has 3 rings (SSSR count). The zero-order valence-electron chi connectivity index (χ0n) is 11.1. The third-order valence-electron chi connectivity index (χ3n) is 2.94. The summed E-state index contributed by atoms with van der Waals surface area (Å²) in [6, 6.07) is 5.26. The van der Waals surface area contributed by atoms with Gasteiger partial charge in [0.25, 0.3) is 5.89 Å². The van der Waals surface area contributed by atoms with Gasteiger partial charge in [-0.1, -0.05) is 5.16 Å². The molecule has 20 heavy (non-hydrogen) atoms. The van der Waals surface area contributed by atoms with Gasteiger partial charge in [-0.3, -0.25) is 0 Å². The van der Waals surface area contributed by atoms with Gasteiger partial charge < -0.3 is 19.6 Å². The number of imidazole rings is 1. The molecular formula is C13H13N5O2. The number of nitrogens with zero attached hydrogens (tertiary/aromatic N) is 4. The summed E-state index contributed by atoms with van der Waals surface area (Å²) in [7, 11) is 3.45. The molecular weight excluding hydrogens is 258 g/mol. The number of nitrogen functional groups attached to an aromatic ring is 1. The fourth-order valence-corrected chi connectivity index (χ4v) is 1.85. The van der Waals surface area contributed by atoms with Crippen molar-refractivity contribution in [3.8, 4) is 28.9 Å². The number of methoxy groups -OCH3 is 1. The van der Waals surface area contributed by atoms with Crippen molar-refractivity contribution in [2.24, 2.45) is 7.05 Å². The number of hydrogen-bond donors (Lipinski definition) is 1. The molecule has 0 bridgehead atoms. The van der Waals surface area contributed by atoms with E-state index in [-0.39, 0.29) is 0 Å². The predicted molar refractivity (Wildman–Crippen MR) is 72.9 cm³/mol. The van der Waals surface area contributed by atoms with Gasteiger partial charge in [-0.2, -0.15) is 4.98 Å². The Morgan fingerprint density at radius 3 is 2.90 bits per heavy atom. The number of anilines is 1. The first kappa shape index (κ1) is 12.2. The lowest BCUT2D eigenvalue weighted by molar-refractivity contribution is 0.413. The molecule has 7 heteroatoms. The molecule has 2 aromatic heterocycles. The minimum Gasteiger partial charge on any atom is -0.497 e. The van der Waals surface area contributed by atoms with Crippen LogP contribution in [-0.4, -0.2) is 26.8 Å². The average Bonchev–Trinajstić information content (AvgIpc) is 3.08. The number of ether oxygens (including phenoxy) is 1. The third kappa shape index (κ3) is 1.99. The van der Waals surface area contributed by atoms with Gasteiger partial charge in [0.15, 0.2) is 5.82 Å². The Labute approximate surface area is 115 Å². The maximum Gasteiger partial charge on any atom is 0.260 e. The van der Waals surface area contributed by atoms with Crippen molar-refractivity contribution in [2.45, 2.75) is 0 Å². The zero-order valence-corrected chi connectivity index (χ0v) is 11.1. The molecule has 0 saturated heterocycles. The lowest BCUT2D eigenvalue weighted by Gasteiger charge is -2.03. The number of benzene rings is 1. The van der Waals surface area contributed by atoms with Crippen LogP contribution >= 0.6 is 0 Å². The summed E-state index contributed by atoms with van der Waals surface area (Å²) in [5, 5.41) is 3.93. The molecule has 0 aliphatic heterocycles. The summed E-state index contributed by atoms with van der Waals surface area (Å²) < 4.78 is 12.2. The van der Waals surface area contributed by atoms with Gasteiger partial charge >= 0.3 is 0 Å². The lowest BCUT2D eigenvalue weighted by atomic mass is 10.1. The molecule has 7 nitrogen and oxygen atoms in total. The molecule has 2 heterocycles. The fraction of sp³-hybridized carbons (Fsp3) is 0.154. The first-order chi connectivity index (χ1) is 9.69. The van der Waals surface area contributed by atoms with Gasteiger partial charge in [0.05, 0.1) is 12.7 Å². The van der Waals surface area contributed by atoms with Gasteiger partial charge in [0.2, 0.25) is 5.82 Å². The molecule has 0 saturated carbocycles. The number of aryl methyl sites for hydroxylation is 1. The molecule has 3 aromatic rings. The van der Waals surface area contributed by atoms with E-state index in [1.807, 2.05) is 17.8 Å². The van der Waals surface area contributed by atoms with Crippen LogP contribution < -0.4 is 10.5 Å². The van der Waals surface area contributed by atoms with Crippen LogP contribution in [0.25, 0.3) is 23.1 Å². The largest absolute Gasteiger partial charge is 0.497 e. The van der Waals surface area contributed by atoms with Crippen LogP contribution in [0.2, 0.25) is 0 Å². The van der Waals surface area contributed by atoms with Gasteiger partial charge in [-0.05, 0) is 18.2 Å². The van der Waals surface area contributed by atoms with Crippen LogP contribution in [0.4, 0.5) is 5.69 Å². The molecule has 2 N–H and O–H groups in total. The number of hydrogen-bond acceptors (Lipinski definition) is 6. The number of nitrogens with two attached hydrogens (primary N) is 1. The summed E-state index contributed by atoms with van der Waals surface area (Å²) >= 11 is 0. The highest BCUT2D eigenvalue weighted by Crippen LogP contribution is 2.29. The molecule has 0 fully saturated rings. The maximum absolute atomic E-state index is 5.93. The van der Waals surface area contributed by atoms with E-state index < -0.39 is 0 Å². The Morgan fingerprint density at radius 2 is 2.20 bits per heavy atom. The Bertz CT molecular complexity index is 747. The second-order valence-corrected chi connectivity index (χ2v) is 4.24. The Kier molecular flexibility index (Phi) is 2.86.